The molecule has 1 aliphatic rings. The molecule has 0 unspecified atom stereocenters. The molecule has 3 rings (SSSR count). The highest BCUT2D eigenvalue weighted by Gasteiger charge is 2.16. The zero-order valence-corrected chi connectivity index (χ0v) is 8.76. The van der Waals surface area contributed by atoms with E-state index in [0.717, 1.165) is 24.3 Å². The summed E-state index contributed by atoms with van der Waals surface area (Å²) in [5.41, 5.74) is 3.20. The van der Waals surface area contributed by atoms with Crippen LogP contribution < -0.4 is 0 Å². The summed E-state index contributed by atoms with van der Waals surface area (Å²) < 4.78 is 7.24. The Kier molecular flexibility index (Phi) is 2.15. The first-order chi connectivity index (χ1) is 7.84. The summed E-state index contributed by atoms with van der Waals surface area (Å²) in [6.45, 7) is 1.37. The third-order valence-electron chi connectivity index (χ3n) is 2.77. The summed E-state index contributed by atoms with van der Waals surface area (Å²) in [7, 11) is 0. The number of hydrogen-bond acceptors (Lipinski definition) is 3. The molecular formula is C12H12N2O2. The number of aromatic nitrogens is 2. The quantitative estimate of drug-likeness (QED) is 0.788. The van der Waals surface area contributed by atoms with Gasteiger partial charge < -0.3 is 9.84 Å². The summed E-state index contributed by atoms with van der Waals surface area (Å²) in [5, 5.41) is 13.8. The summed E-state index contributed by atoms with van der Waals surface area (Å²) in [5.74, 6) is 0.258. The van der Waals surface area contributed by atoms with Gasteiger partial charge in [-0.1, -0.05) is 6.07 Å². The Balaban J connectivity index is 2.09. The number of phenols is 1. The molecule has 0 fully saturated rings. The van der Waals surface area contributed by atoms with Crippen molar-refractivity contribution < 1.29 is 9.84 Å². The second-order valence-electron chi connectivity index (χ2n) is 3.85. The van der Waals surface area contributed by atoms with Gasteiger partial charge in [-0.25, -0.2) is 4.68 Å². The number of fused-ring (bicyclic) bond motifs is 1. The Bertz CT molecular complexity index is 519. The zero-order chi connectivity index (χ0) is 11.0. The van der Waals surface area contributed by atoms with Gasteiger partial charge in [-0.15, -0.1) is 0 Å². The van der Waals surface area contributed by atoms with Crippen molar-refractivity contribution in [2.45, 2.75) is 13.0 Å². The van der Waals surface area contributed by atoms with Gasteiger partial charge >= 0.3 is 0 Å². The van der Waals surface area contributed by atoms with Gasteiger partial charge in [0.25, 0.3) is 0 Å². The standard InChI is InChI=1S/C12H12N2O2/c15-11-3-1-2-10(6-11)14-12-4-5-16-8-9(12)7-13-14/h1-3,6-7,15H,4-5,8H2. The molecule has 2 heterocycles. The van der Waals surface area contributed by atoms with Crippen LogP contribution in [0.4, 0.5) is 0 Å². The molecule has 82 valence electrons. The summed E-state index contributed by atoms with van der Waals surface area (Å²) in [6.07, 6.45) is 2.70. The Morgan fingerprint density at radius 2 is 2.31 bits per heavy atom. The molecule has 1 aliphatic heterocycles. The van der Waals surface area contributed by atoms with Crippen LogP contribution in [0.3, 0.4) is 0 Å². The van der Waals surface area contributed by atoms with Gasteiger partial charge in [0.05, 0.1) is 30.8 Å². The minimum atomic E-state index is 0.258. The Hall–Kier alpha value is -1.81. The van der Waals surface area contributed by atoms with Crippen molar-refractivity contribution in [3.63, 3.8) is 0 Å². The van der Waals surface area contributed by atoms with Gasteiger partial charge in [-0.2, -0.15) is 5.10 Å². The number of nitrogens with zero attached hydrogens (tertiary/aromatic N) is 2. The molecule has 0 amide bonds. The van der Waals surface area contributed by atoms with E-state index >= 15 is 0 Å². The molecule has 4 nitrogen and oxygen atoms in total. The van der Waals surface area contributed by atoms with Gasteiger partial charge in [0.2, 0.25) is 0 Å². The maximum atomic E-state index is 9.45. The lowest BCUT2D eigenvalue weighted by Crippen LogP contribution is -2.12. The van der Waals surface area contributed by atoms with Crippen molar-refractivity contribution >= 4 is 0 Å². The van der Waals surface area contributed by atoms with Crippen molar-refractivity contribution in [3.8, 4) is 11.4 Å². The molecule has 0 aliphatic carbocycles. The van der Waals surface area contributed by atoms with E-state index in [-0.39, 0.29) is 5.75 Å². The van der Waals surface area contributed by atoms with E-state index in [4.69, 9.17) is 4.74 Å². The molecule has 0 bridgehead atoms. The monoisotopic (exact) mass is 216 g/mol. The van der Waals surface area contributed by atoms with E-state index in [1.54, 1.807) is 12.1 Å². The SMILES string of the molecule is Oc1cccc(-n2ncc3c2CCOC3)c1. The van der Waals surface area contributed by atoms with Crippen LogP contribution in [0.1, 0.15) is 11.3 Å². The predicted octanol–water partition coefficient (Wildman–Crippen LogP) is 1.65. The minimum Gasteiger partial charge on any atom is -0.508 e. The molecule has 0 atom stereocenters. The van der Waals surface area contributed by atoms with E-state index in [1.165, 1.54) is 5.69 Å². The maximum Gasteiger partial charge on any atom is 0.117 e. The molecular weight excluding hydrogens is 204 g/mol. The number of aromatic hydroxyl groups is 1. The molecule has 1 aromatic heterocycles. The highest BCUT2D eigenvalue weighted by Crippen LogP contribution is 2.21. The van der Waals surface area contributed by atoms with E-state index < -0.39 is 0 Å². The van der Waals surface area contributed by atoms with Crippen molar-refractivity contribution in [3.05, 3.63) is 41.7 Å². The lowest BCUT2D eigenvalue weighted by atomic mass is 10.1. The van der Waals surface area contributed by atoms with Crippen LogP contribution >= 0.6 is 0 Å². The van der Waals surface area contributed by atoms with Gasteiger partial charge in [-0.05, 0) is 12.1 Å². The topological polar surface area (TPSA) is 47.3 Å². The van der Waals surface area contributed by atoms with Crippen molar-refractivity contribution in [1.82, 2.24) is 9.78 Å². The van der Waals surface area contributed by atoms with Crippen molar-refractivity contribution in [1.29, 1.82) is 0 Å². The van der Waals surface area contributed by atoms with Crippen molar-refractivity contribution in [2.24, 2.45) is 0 Å². The average molecular weight is 216 g/mol. The van der Waals surface area contributed by atoms with Crippen LogP contribution in [0.5, 0.6) is 5.75 Å². The predicted molar refractivity (Wildman–Crippen MR) is 58.6 cm³/mol. The fourth-order valence-corrected chi connectivity index (χ4v) is 1.99. The smallest absolute Gasteiger partial charge is 0.117 e. The first kappa shape index (κ1) is 9.42. The van der Waals surface area contributed by atoms with Crippen molar-refractivity contribution in [2.75, 3.05) is 6.61 Å². The first-order valence-corrected chi connectivity index (χ1v) is 5.27. The maximum absolute atomic E-state index is 9.45. The zero-order valence-electron chi connectivity index (χ0n) is 8.76. The molecule has 0 radical (unpaired) electrons. The third-order valence-corrected chi connectivity index (χ3v) is 2.77. The number of benzene rings is 1. The highest BCUT2D eigenvalue weighted by molar-refractivity contribution is 5.40. The molecule has 0 saturated heterocycles. The van der Waals surface area contributed by atoms with E-state index in [9.17, 15) is 5.11 Å². The number of ether oxygens (including phenoxy) is 1. The van der Waals surface area contributed by atoms with Crippen LogP contribution in [0, 0.1) is 0 Å². The van der Waals surface area contributed by atoms with Crippen LogP contribution in [0.25, 0.3) is 5.69 Å². The van der Waals surface area contributed by atoms with E-state index in [0.29, 0.717) is 6.61 Å². The normalized spacial score (nSPS) is 14.8. The molecule has 1 aromatic carbocycles. The number of phenolic OH excluding ortho intramolecular Hbond substituents is 1. The van der Waals surface area contributed by atoms with Gasteiger partial charge in [0.15, 0.2) is 0 Å². The largest absolute Gasteiger partial charge is 0.508 e. The number of rotatable bonds is 1. The molecule has 2 aromatic rings. The Morgan fingerprint density at radius 1 is 1.38 bits per heavy atom. The highest BCUT2D eigenvalue weighted by atomic mass is 16.5. The summed E-state index contributed by atoms with van der Waals surface area (Å²) >= 11 is 0. The summed E-state index contributed by atoms with van der Waals surface area (Å²) in [4.78, 5) is 0. The van der Waals surface area contributed by atoms with Crippen LogP contribution in [-0.4, -0.2) is 21.5 Å². The second kappa shape index (κ2) is 3.64. The van der Waals surface area contributed by atoms with Gasteiger partial charge in [-0.3, -0.25) is 0 Å². The van der Waals surface area contributed by atoms with Crippen LogP contribution in [0.2, 0.25) is 0 Å². The fraction of sp³-hybridized carbons (Fsp3) is 0.250. The fourth-order valence-electron chi connectivity index (χ4n) is 1.99. The first-order valence-electron chi connectivity index (χ1n) is 5.27. The molecule has 1 N–H and O–H groups in total. The minimum absolute atomic E-state index is 0.258. The van der Waals surface area contributed by atoms with Gasteiger partial charge in [0.1, 0.15) is 5.75 Å². The molecule has 0 spiro atoms. The molecule has 16 heavy (non-hydrogen) atoms. The van der Waals surface area contributed by atoms with Crippen LogP contribution in [0.15, 0.2) is 30.5 Å². The molecule has 4 heteroatoms. The summed E-state index contributed by atoms with van der Waals surface area (Å²) in [6, 6.07) is 7.12. The lowest BCUT2D eigenvalue weighted by molar-refractivity contribution is 0.109. The lowest BCUT2D eigenvalue weighted by Gasteiger charge is -2.14. The number of hydrogen-bond donors (Lipinski definition) is 1. The average Bonchev–Trinajstić information content (AvgIpc) is 2.72. The van der Waals surface area contributed by atoms with E-state index in [2.05, 4.69) is 5.10 Å². The third kappa shape index (κ3) is 1.47. The Morgan fingerprint density at radius 3 is 3.19 bits per heavy atom. The second-order valence-corrected chi connectivity index (χ2v) is 3.85. The van der Waals surface area contributed by atoms with Crippen LogP contribution in [-0.2, 0) is 17.8 Å². The Labute approximate surface area is 93.1 Å². The van der Waals surface area contributed by atoms with Gasteiger partial charge in [0, 0.05) is 18.1 Å². The molecule has 0 saturated carbocycles. The van der Waals surface area contributed by atoms with E-state index in [1.807, 2.05) is 23.0 Å².